The van der Waals surface area contributed by atoms with E-state index < -0.39 is 5.66 Å². The first kappa shape index (κ1) is 27.4. The quantitative estimate of drug-likeness (QED) is 0.287. The largest absolute Gasteiger partial charge is 0.493 e. The summed E-state index contributed by atoms with van der Waals surface area (Å²) in [5.74, 6) is 1.04. The van der Waals surface area contributed by atoms with Crippen molar-refractivity contribution in [3.05, 3.63) is 95.1 Å². The fourth-order valence-corrected chi connectivity index (χ4v) is 5.52. The van der Waals surface area contributed by atoms with Gasteiger partial charge >= 0.3 is 0 Å². The van der Waals surface area contributed by atoms with Crippen LogP contribution in [-0.2, 0) is 11.3 Å². The number of methoxy groups -OCH3 is 3. The van der Waals surface area contributed by atoms with E-state index in [0.29, 0.717) is 48.1 Å². The normalized spacial score (nSPS) is 18.9. The number of carbonyl (C=O) groups is 2. The molecule has 0 aliphatic carbocycles. The molecule has 2 saturated heterocycles. The van der Waals surface area contributed by atoms with Gasteiger partial charge in [0.05, 0.1) is 34.5 Å². The van der Waals surface area contributed by atoms with E-state index in [9.17, 15) is 9.59 Å². The van der Waals surface area contributed by atoms with Gasteiger partial charge in [0.1, 0.15) is 5.66 Å². The zero-order valence-electron chi connectivity index (χ0n) is 23.1. The lowest BCUT2D eigenvalue weighted by Crippen LogP contribution is -2.55. The third kappa shape index (κ3) is 5.33. The number of rotatable bonds is 9. The first-order valence-electron chi connectivity index (χ1n) is 13.3. The number of hydrogen-bond donors (Lipinski definition) is 0. The first-order valence-corrected chi connectivity index (χ1v) is 13.3. The summed E-state index contributed by atoms with van der Waals surface area (Å²) >= 11 is 0. The second kappa shape index (κ2) is 11.9. The van der Waals surface area contributed by atoms with Crippen LogP contribution in [0.25, 0.3) is 6.08 Å². The summed E-state index contributed by atoms with van der Waals surface area (Å²) < 4.78 is 21.9. The maximum Gasteiger partial charge on any atom is 0.255 e. The number of benzene rings is 3. The number of allylic oxidation sites excluding steroid dienone is 1. The number of ether oxygens (including phenoxy) is 4. The minimum atomic E-state index is -0.432. The molecule has 8 nitrogen and oxygen atoms in total. The van der Waals surface area contributed by atoms with Crippen LogP contribution in [0.2, 0.25) is 0 Å². The van der Waals surface area contributed by atoms with Crippen LogP contribution in [0.3, 0.4) is 0 Å². The zero-order chi connectivity index (χ0) is 28.1. The fraction of sp³-hybridized carbons (Fsp3) is 0.312. The average molecular weight is 543 g/mol. The van der Waals surface area contributed by atoms with E-state index in [1.807, 2.05) is 47.4 Å². The summed E-state index contributed by atoms with van der Waals surface area (Å²) in [4.78, 5) is 30.9. The molecule has 8 heteroatoms. The van der Waals surface area contributed by atoms with Gasteiger partial charge < -0.3 is 23.8 Å². The molecule has 5 rings (SSSR count). The van der Waals surface area contributed by atoms with Gasteiger partial charge in [0.15, 0.2) is 17.3 Å². The van der Waals surface area contributed by atoms with Crippen LogP contribution in [-0.4, -0.2) is 74.8 Å². The smallest absolute Gasteiger partial charge is 0.255 e. The third-order valence-corrected chi connectivity index (χ3v) is 7.66. The molecule has 0 saturated carbocycles. The molecule has 1 spiro atoms. The predicted molar refractivity (Wildman–Crippen MR) is 152 cm³/mol. The van der Waals surface area contributed by atoms with E-state index in [1.165, 1.54) is 33.0 Å². The fourth-order valence-electron chi connectivity index (χ4n) is 5.52. The van der Waals surface area contributed by atoms with Crippen LogP contribution < -0.4 is 14.2 Å². The zero-order valence-corrected chi connectivity index (χ0v) is 23.1. The van der Waals surface area contributed by atoms with Crippen molar-refractivity contribution in [1.29, 1.82) is 0 Å². The van der Waals surface area contributed by atoms with E-state index in [-0.39, 0.29) is 11.7 Å². The molecule has 1 unspecified atom stereocenters. The third-order valence-electron chi connectivity index (χ3n) is 7.66. The Kier molecular flexibility index (Phi) is 8.19. The van der Waals surface area contributed by atoms with Gasteiger partial charge in [0, 0.05) is 37.2 Å². The molecule has 0 N–H and O–H groups in total. The summed E-state index contributed by atoms with van der Waals surface area (Å²) in [6.07, 6.45) is 4.00. The van der Waals surface area contributed by atoms with E-state index in [0.717, 1.165) is 25.1 Å². The molecule has 3 aromatic carbocycles. The average Bonchev–Trinajstić information content (AvgIpc) is 3.63. The van der Waals surface area contributed by atoms with Gasteiger partial charge in [-0.3, -0.25) is 14.5 Å². The van der Waals surface area contributed by atoms with Gasteiger partial charge in [-0.15, -0.1) is 0 Å². The number of hydrogen-bond acceptors (Lipinski definition) is 7. The molecule has 2 fully saturated rings. The van der Waals surface area contributed by atoms with Crippen LogP contribution in [0.1, 0.15) is 38.3 Å². The van der Waals surface area contributed by atoms with Crippen LogP contribution in [0.15, 0.2) is 72.8 Å². The van der Waals surface area contributed by atoms with Crippen molar-refractivity contribution < 1.29 is 28.5 Å². The first-order chi connectivity index (χ1) is 19.5. The van der Waals surface area contributed by atoms with Crippen LogP contribution in [0, 0.1) is 0 Å². The van der Waals surface area contributed by atoms with Crippen molar-refractivity contribution in [2.24, 2.45) is 0 Å². The highest BCUT2D eigenvalue weighted by Gasteiger charge is 2.51. The van der Waals surface area contributed by atoms with Gasteiger partial charge in [-0.1, -0.05) is 48.5 Å². The number of nitrogens with zero attached hydrogens (tertiary/aromatic N) is 2. The SMILES string of the molecule is COc1cc(C(=O)/C=C/c2ccc(C(=O)N3CCN(Cc4ccccc4)C34CCOC4)cc2)cc(OC)c1OC. The maximum absolute atomic E-state index is 13.7. The standard InChI is InChI=1S/C32H34N2O6/c1-37-28-19-26(20-29(38-2)30(28)39-3)27(35)14-11-23-9-12-25(13-10-23)31(36)34-17-16-33(32(34)15-18-40-22-32)21-24-7-5-4-6-8-24/h4-14,19-20H,15-18,21-22H2,1-3H3/b14-11+. The van der Waals surface area contributed by atoms with E-state index in [4.69, 9.17) is 18.9 Å². The summed E-state index contributed by atoms with van der Waals surface area (Å²) in [7, 11) is 4.53. The van der Waals surface area contributed by atoms with Crippen LogP contribution in [0.5, 0.6) is 17.2 Å². The Hall–Kier alpha value is -4.14. The van der Waals surface area contributed by atoms with Crippen molar-refractivity contribution in [2.75, 3.05) is 47.6 Å². The van der Waals surface area contributed by atoms with Gasteiger partial charge in [-0.25, -0.2) is 0 Å². The Morgan fingerprint density at radius 1 is 0.900 bits per heavy atom. The number of amides is 1. The molecular weight excluding hydrogens is 508 g/mol. The molecule has 208 valence electrons. The molecule has 1 amide bonds. The van der Waals surface area contributed by atoms with Crippen LogP contribution >= 0.6 is 0 Å². The maximum atomic E-state index is 13.7. The monoisotopic (exact) mass is 542 g/mol. The topological polar surface area (TPSA) is 77.5 Å². The molecule has 0 radical (unpaired) electrons. The molecule has 3 aromatic rings. The van der Waals surface area contributed by atoms with E-state index in [2.05, 4.69) is 17.0 Å². The Balaban J connectivity index is 1.29. The second-order valence-electron chi connectivity index (χ2n) is 9.88. The highest BCUT2D eigenvalue weighted by Crippen LogP contribution is 2.39. The number of ketones is 1. The Morgan fingerprint density at radius 2 is 1.60 bits per heavy atom. The molecule has 2 aliphatic heterocycles. The summed E-state index contributed by atoms with van der Waals surface area (Å²) in [5.41, 5.74) is 2.62. The van der Waals surface area contributed by atoms with Crippen molar-refractivity contribution >= 4 is 17.8 Å². The Morgan fingerprint density at radius 3 is 2.20 bits per heavy atom. The minimum absolute atomic E-state index is 0.00918. The van der Waals surface area contributed by atoms with Gasteiger partial charge in [-0.2, -0.15) is 0 Å². The Labute approximate surface area is 234 Å². The summed E-state index contributed by atoms with van der Waals surface area (Å²) in [6.45, 7) is 3.37. The number of carbonyl (C=O) groups excluding carboxylic acids is 2. The highest BCUT2D eigenvalue weighted by molar-refractivity contribution is 6.07. The molecule has 0 bridgehead atoms. The van der Waals surface area contributed by atoms with Crippen molar-refractivity contribution in [1.82, 2.24) is 9.80 Å². The molecule has 2 heterocycles. The molecular formula is C32H34N2O6. The van der Waals surface area contributed by atoms with E-state index in [1.54, 1.807) is 18.2 Å². The second-order valence-corrected chi connectivity index (χ2v) is 9.88. The van der Waals surface area contributed by atoms with Crippen molar-refractivity contribution in [3.63, 3.8) is 0 Å². The molecule has 0 aromatic heterocycles. The summed E-state index contributed by atoms with van der Waals surface area (Å²) in [6, 6.07) is 20.9. The summed E-state index contributed by atoms with van der Waals surface area (Å²) in [5, 5.41) is 0. The molecule has 2 aliphatic rings. The van der Waals surface area contributed by atoms with Gasteiger partial charge in [-0.05, 0) is 41.5 Å². The lowest BCUT2D eigenvalue weighted by atomic mass is 10.0. The lowest BCUT2D eigenvalue weighted by Gasteiger charge is -2.40. The van der Waals surface area contributed by atoms with Crippen molar-refractivity contribution in [2.45, 2.75) is 18.6 Å². The van der Waals surface area contributed by atoms with Crippen molar-refractivity contribution in [3.8, 4) is 17.2 Å². The predicted octanol–water partition coefficient (Wildman–Crippen LogP) is 4.68. The molecule has 1 atom stereocenters. The lowest BCUT2D eigenvalue weighted by molar-refractivity contribution is 0.00326. The van der Waals surface area contributed by atoms with E-state index >= 15 is 0 Å². The van der Waals surface area contributed by atoms with Gasteiger partial charge in [0.25, 0.3) is 5.91 Å². The highest BCUT2D eigenvalue weighted by atomic mass is 16.5. The van der Waals surface area contributed by atoms with Gasteiger partial charge in [0.2, 0.25) is 5.75 Å². The van der Waals surface area contributed by atoms with Crippen LogP contribution in [0.4, 0.5) is 0 Å². The minimum Gasteiger partial charge on any atom is -0.493 e. The molecule has 40 heavy (non-hydrogen) atoms. The Bertz CT molecular complexity index is 1360.